The third kappa shape index (κ3) is 3.35. The zero-order valence-electron chi connectivity index (χ0n) is 9.64. The molecule has 1 aromatic heterocycles. The monoisotopic (exact) mass is 327 g/mol. The Bertz CT molecular complexity index is 613. The fourth-order valence-electron chi connectivity index (χ4n) is 1.52. The van der Waals surface area contributed by atoms with Gasteiger partial charge in [-0.25, -0.2) is 0 Å². The minimum absolute atomic E-state index is 0. The highest BCUT2D eigenvalue weighted by Gasteiger charge is 2.21. The molecule has 0 saturated carbocycles. The Hall–Kier alpha value is -2.29. The molecule has 100 valence electrons. The van der Waals surface area contributed by atoms with Gasteiger partial charge in [0, 0.05) is 11.2 Å². The Morgan fingerprint density at radius 2 is 2.16 bits per heavy atom. The van der Waals surface area contributed by atoms with Gasteiger partial charge in [-0.2, -0.15) is 0 Å². The Morgan fingerprint density at radius 3 is 2.74 bits per heavy atom. The normalized spacial score (nSPS) is 9.68. The van der Waals surface area contributed by atoms with Crippen molar-refractivity contribution >= 4 is 11.5 Å². The van der Waals surface area contributed by atoms with Crippen molar-refractivity contribution in [2.45, 2.75) is 6.54 Å². The quantitative estimate of drug-likeness (QED) is 0.208. The fourth-order valence-corrected chi connectivity index (χ4v) is 1.52. The summed E-state index contributed by atoms with van der Waals surface area (Å²) < 4.78 is 2.49. The van der Waals surface area contributed by atoms with E-state index in [0.29, 0.717) is 0 Å². The molecule has 0 aliphatic heterocycles. The Morgan fingerprint density at radius 1 is 1.47 bits per heavy atom. The highest BCUT2D eigenvalue weighted by Crippen LogP contribution is 2.18. The number of hydrogen-bond donors (Lipinski definition) is 1. The molecular weight excluding hydrogens is 318 g/mol. The summed E-state index contributed by atoms with van der Waals surface area (Å²) in [6.07, 6.45) is 2.74. The van der Waals surface area contributed by atoms with E-state index in [1.54, 1.807) is 6.07 Å². The summed E-state index contributed by atoms with van der Waals surface area (Å²) in [5.74, 6) is 4.99. The molecule has 0 fully saturated rings. The third-order valence-corrected chi connectivity index (χ3v) is 2.31. The van der Waals surface area contributed by atoms with E-state index in [2.05, 4.69) is 5.10 Å². The Balaban J connectivity index is 0.00000180. The zero-order chi connectivity index (χ0) is 13.1. The molecule has 0 saturated heterocycles. The summed E-state index contributed by atoms with van der Waals surface area (Å²) in [5, 5.41) is 14.6. The van der Waals surface area contributed by atoms with E-state index in [9.17, 15) is 14.9 Å². The molecule has 8 nitrogen and oxygen atoms in total. The van der Waals surface area contributed by atoms with E-state index in [-0.39, 0.29) is 34.8 Å². The number of carbonyl (C=O) groups is 1. The molecule has 0 aliphatic carbocycles. The fraction of sp³-hybridized carbons (Fsp3) is 0.100. The van der Waals surface area contributed by atoms with Gasteiger partial charge in [0.05, 0.1) is 10.5 Å². The molecule has 0 radical (unpaired) electrons. The van der Waals surface area contributed by atoms with Gasteiger partial charge in [-0.3, -0.25) is 20.8 Å². The first-order valence-electron chi connectivity index (χ1n) is 5.03. The molecule has 9 heteroatoms. The summed E-state index contributed by atoms with van der Waals surface area (Å²) in [6.45, 7) is -0.102. The van der Waals surface area contributed by atoms with Gasteiger partial charge in [-0.05, 0) is 6.07 Å². The van der Waals surface area contributed by atoms with Gasteiger partial charge in [0.2, 0.25) is 12.1 Å². The maximum Gasteiger partial charge on any atom is 0.286 e. The van der Waals surface area contributed by atoms with Crippen LogP contribution in [0.15, 0.2) is 36.9 Å². The van der Waals surface area contributed by atoms with Gasteiger partial charge >= 0.3 is 0 Å². The summed E-state index contributed by atoms with van der Waals surface area (Å²) in [5.41, 5.74) is -0.156. The maximum absolute atomic E-state index is 11.9. The molecule has 1 aromatic carbocycles. The number of rotatable bonds is 4. The Labute approximate surface area is 118 Å². The summed E-state index contributed by atoms with van der Waals surface area (Å²) >= 11 is 0. The third-order valence-electron chi connectivity index (χ3n) is 2.31. The van der Waals surface area contributed by atoms with Crippen molar-refractivity contribution in [1.82, 2.24) is 9.78 Å². The van der Waals surface area contributed by atoms with Crippen LogP contribution in [0, 0.1) is 10.1 Å². The summed E-state index contributed by atoms with van der Waals surface area (Å²) in [6, 6.07) is 5.79. The zero-order valence-corrected chi connectivity index (χ0v) is 11.2. The van der Waals surface area contributed by atoms with E-state index < -0.39 is 10.7 Å². The standard InChI is InChI=1S/C10H10N5O3.BrH/c11-13-6-12-14(7-13)5-10(16)8-3-1-2-4-9(8)15(17)18;/h1-4,6-7H,5,11H2;1H/q+1;/p-1. The van der Waals surface area contributed by atoms with Crippen molar-refractivity contribution < 1.29 is 31.4 Å². The number of ketones is 1. The molecule has 0 atom stereocenters. The molecule has 0 amide bonds. The second-order valence-corrected chi connectivity index (χ2v) is 3.59. The summed E-state index contributed by atoms with van der Waals surface area (Å²) in [4.78, 5) is 22.1. The SMILES string of the molecule is N[n+]1cnn(CC(=O)c2ccccc2[N+](=O)[O-])c1.[Br-]. The first-order valence-corrected chi connectivity index (χ1v) is 5.03. The largest absolute Gasteiger partial charge is 1.00 e. The van der Waals surface area contributed by atoms with Crippen LogP contribution in [0.3, 0.4) is 0 Å². The maximum atomic E-state index is 11.9. The molecule has 2 rings (SSSR count). The van der Waals surface area contributed by atoms with Gasteiger partial charge in [-0.1, -0.05) is 12.1 Å². The van der Waals surface area contributed by atoms with Gasteiger partial charge in [0.1, 0.15) is 0 Å². The predicted molar refractivity (Wildman–Crippen MR) is 60.0 cm³/mol. The lowest BCUT2D eigenvalue weighted by Crippen LogP contribution is -3.00. The summed E-state index contributed by atoms with van der Waals surface area (Å²) in [7, 11) is 0. The molecule has 0 unspecified atom stereocenters. The van der Waals surface area contributed by atoms with E-state index in [4.69, 9.17) is 5.84 Å². The molecule has 2 N–H and O–H groups in total. The average Bonchev–Trinajstić information content (AvgIpc) is 2.74. The van der Waals surface area contributed by atoms with Crippen LogP contribution in [-0.4, -0.2) is 20.5 Å². The van der Waals surface area contributed by atoms with Gasteiger partial charge in [0.25, 0.3) is 12.0 Å². The number of para-hydroxylation sites is 1. The van der Waals surface area contributed by atoms with Gasteiger partial charge in [0.15, 0.2) is 6.54 Å². The van der Waals surface area contributed by atoms with E-state index in [1.165, 1.54) is 40.2 Å². The molecule has 2 aromatic rings. The number of nitrogens with zero attached hydrogens (tertiary/aromatic N) is 4. The van der Waals surface area contributed by atoms with Crippen LogP contribution in [0.1, 0.15) is 10.4 Å². The van der Waals surface area contributed by atoms with Crippen molar-refractivity contribution in [3.63, 3.8) is 0 Å². The number of halogens is 1. The van der Waals surface area contributed by atoms with Crippen molar-refractivity contribution in [1.29, 1.82) is 0 Å². The van der Waals surface area contributed by atoms with Crippen LogP contribution in [0.2, 0.25) is 0 Å². The van der Waals surface area contributed by atoms with Crippen molar-refractivity contribution in [2.24, 2.45) is 0 Å². The number of carbonyl (C=O) groups excluding carboxylic acids is 1. The highest BCUT2D eigenvalue weighted by atomic mass is 79.9. The molecule has 1 heterocycles. The topological polar surface area (TPSA) is 108 Å². The highest BCUT2D eigenvalue weighted by molar-refractivity contribution is 5.99. The van der Waals surface area contributed by atoms with E-state index in [1.807, 2.05) is 0 Å². The molecule has 0 spiro atoms. The molecule has 0 bridgehead atoms. The van der Waals surface area contributed by atoms with Crippen molar-refractivity contribution in [3.8, 4) is 0 Å². The number of hydrogen-bond acceptors (Lipinski definition) is 5. The smallest absolute Gasteiger partial charge is 0.286 e. The van der Waals surface area contributed by atoms with Crippen LogP contribution >= 0.6 is 0 Å². The number of benzene rings is 1. The number of Topliss-reactive ketones (excluding diaryl/α,β-unsaturated/α-hetero) is 1. The van der Waals surface area contributed by atoms with Crippen LogP contribution in [0.4, 0.5) is 5.69 Å². The molecular formula is C10H10BrN5O3. The second kappa shape index (κ2) is 6.05. The van der Waals surface area contributed by atoms with Crippen molar-refractivity contribution in [2.75, 3.05) is 5.84 Å². The minimum Gasteiger partial charge on any atom is -1.00 e. The molecule has 19 heavy (non-hydrogen) atoms. The van der Waals surface area contributed by atoms with E-state index in [0.717, 1.165) is 0 Å². The number of nitro benzene ring substituents is 1. The van der Waals surface area contributed by atoms with Crippen LogP contribution in [0.25, 0.3) is 0 Å². The lowest BCUT2D eigenvalue weighted by atomic mass is 10.1. The number of aromatic nitrogens is 3. The van der Waals surface area contributed by atoms with Crippen LogP contribution in [-0.2, 0) is 6.54 Å². The lowest BCUT2D eigenvalue weighted by molar-refractivity contribution is -0.639. The van der Waals surface area contributed by atoms with Crippen LogP contribution < -0.4 is 27.5 Å². The van der Waals surface area contributed by atoms with Crippen LogP contribution in [0.5, 0.6) is 0 Å². The minimum atomic E-state index is -0.584. The number of nitrogens with two attached hydrogens (primary N) is 1. The van der Waals surface area contributed by atoms with E-state index >= 15 is 0 Å². The number of nitrogen functional groups attached to an aromatic ring is 1. The predicted octanol–water partition coefficient (Wildman–Crippen LogP) is -3.32. The average molecular weight is 328 g/mol. The van der Waals surface area contributed by atoms with Crippen molar-refractivity contribution in [3.05, 3.63) is 52.6 Å². The molecule has 0 aliphatic rings. The Kier molecular flexibility index (Phi) is 4.70. The van der Waals surface area contributed by atoms with Gasteiger partial charge < -0.3 is 17.0 Å². The first-order chi connectivity index (χ1) is 8.58. The number of nitro groups is 1. The first kappa shape index (κ1) is 14.8. The lowest BCUT2D eigenvalue weighted by Gasteiger charge is -1.99. The van der Waals surface area contributed by atoms with Gasteiger partial charge in [-0.15, -0.1) is 9.36 Å². The second-order valence-electron chi connectivity index (χ2n) is 3.59.